The van der Waals surface area contributed by atoms with E-state index in [1.807, 2.05) is 0 Å². The summed E-state index contributed by atoms with van der Waals surface area (Å²) in [5.74, 6) is 1.73. The van der Waals surface area contributed by atoms with Crippen LogP contribution in [-0.4, -0.2) is 36.1 Å². The summed E-state index contributed by atoms with van der Waals surface area (Å²) in [6.45, 7) is 12.1. The van der Waals surface area contributed by atoms with Crippen molar-refractivity contribution in [3.63, 3.8) is 0 Å². The lowest BCUT2D eigenvalue weighted by Gasteiger charge is -2.45. The maximum absolute atomic E-state index is 3.75. The molecule has 18 heavy (non-hydrogen) atoms. The molecule has 2 rings (SSSR count). The molecule has 4 unspecified atom stereocenters. The average Bonchev–Trinajstić information content (AvgIpc) is 3.13. The van der Waals surface area contributed by atoms with Crippen molar-refractivity contribution in [3.05, 3.63) is 0 Å². The van der Waals surface area contributed by atoms with E-state index in [1.54, 1.807) is 0 Å². The molecule has 1 aliphatic heterocycles. The van der Waals surface area contributed by atoms with Crippen molar-refractivity contribution in [2.24, 2.45) is 11.8 Å². The van der Waals surface area contributed by atoms with E-state index in [-0.39, 0.29) is 0 Å². The predicted molar refractivity (Wildman–Crippen MR) is 78.8 cm³/mol. The van der Waals surface area contributed by atoms with E-state index in [9.17, 15) is 0 Å². The van der Waals surface area contributed by atoms with Crippen LogP contribution in [0.4, 0.5) is 0 Å². The molecule has 0 aromatic rings. The molecule has 2 nitrogen and oxygen atoms in total. The van der Waals surface area contributed by atoms with Gasteiger partial charge in [-0.25, -0.2) is 0 Å². The van der Waals surface area contributed by atoms with Gasteiger partial charge >= 0.3 is 0 Å². The van der Waals surface area contributed by atoms with E-state index in [4.69, 9.17) is 0 Å². The Kier molecular flexibility index (Phi) is 5.08. The quantitative estimate of drug-likeness (QED) is 0.780. The van der Waals surface area contributed by atoms with Gasteiger partial charge in [-0.1, -0.05) is 27.2 Å². The molecule has 0 aromatic heterocycles. The van der Waals surface area contributed by atoms with Crippen LogP contribution in [0.1, 0.15) is 59.8 Å². The maximum atomic E-state index is 3.75. The summed E-state index contributed by atoms with van der Waals surface area (Å²) in [4.78, 5) is 2.80. The first-order chi connectivity index (χ1) is 8.61. The molecule has 1 saturated carbocycles. The van der Waals surface area contributed by atoms with E-state index in [2.05, 4.69) is 37.9 Å². The SMILES string of the molecule is CCCC(CNC1CC1)N1CC(C)CC(C)C1C. The van der Waals surface area contributed by atoms with Crippen LogP contribution in [0.3, 0.4) is 0 Å². The van der Waals surface area contributed by atoms with Gasteiger partial charge in [0.1, 0.15) is 0 Å². The molecule has 106 valence electrons. The summed E-state index contributed by atoms with van der Waals surface area (Å²) in [5.41, 5.74) is 0. The number of hydrogen-bond acceptors (Lipinski definition) is 2. The van der Waals surface area contributed by atoms with Crippen LogP contribution in [-0.2, 0) is 0 Å². The lowest BCUT2D eigenvalue weighted by atomic mass is 9.84. The van der Waals surface area contributed by atoms with E-state index in [0.717, 1.165) is 30.0 Å². The molecule has 0 aromatic carbocycles. The smallest absolute Gasteiger partial charge is 0.0223 e. The van der Waals surface area contributed by atoms with Crippen LogP contribution < -0.4 is 5.32 Å². The van der Waals surface area contributed by atoms with Crippen molar-refractivity contribution in [3.8, 4) is 0 Å². The lowest BCUT2D eigenvalue weighted by molar-refractivity contribution is 0.0363. The van der Waals surface area contributed by atoms with Gasteiger partial charge in [0.05, 0.1) is 0 Å². The van der Waals surface area contributed by atoms with Crippen LogP contribution in [0.5, 0.6) is 0 Å². The third kappa shape index (κ3) is 3.71. The zero-order valence-electron chi connectivity index (χ0n) is 12.8. The first kappa shape index (κ1) is 14.3. The van der Waals surface area contributed by atoms with Gasteiger partial charge < -0.3 is 5.32 Å². The van der Waals surface area contributed by atoms with Gasteiger partial charge in [0.15, 0.2) is 0 Å². The summed E-state index contributed by atoms with van der Waals surface area (Å²) in [6.07, 6.45) is 6.88. The molecular weight excluding hydrogens is 220 g/mol. The fourth-order valence-corrected chi connectivity index (χ4v) is 3.55. The second kappa shape index (κ2) is 6.38. The Labute approximate surface area is 114 Å². The molecule has 2 heteroatoms. The number of nitrogens with zero attached hydrogens (tertiary/aromatic N) is 1. The molecule has 1 saturated heterocycles. The van der Waals surface area contributed by atoms with Gasteiger partial charge in [0.2, 0.25) is 0 Å². The Morgan fingerprint density at radius 3 is 2.56 bits per heavy atom. The molecule has 0 amide bonds. The van der Waals surface area contributed by atoms with Gasteiger partial charge in [0.25, 0.3) is 0 Å². The highest BCUT2D eigenvalue weighted by atomic mass is 15.2. The predicted octanol–water partition coefficient (Wildman–Crippen LogP) is 3.27. The molecule has 4 atom stereocenters. The van der Waals surface area contributed by atoms with Crippen molar-refractivity contribution in [1.82, 2.24) is 10.2 Å². The first-order valence-electron chi connectivity index (χ1n) is 8.11. The van der Waals surface area contributed by atoms with Gasteiger partial charge in [-0.15, -0.1) is 0 Å². The fourth-order valence-electron chi connectivity index (χ4n) is 3.55. The van der Waals surface area contributed by atoms with Crippen LogP contribution in [0.2, 0.25) is 0 Å². The molecule has 2 fully saturated rings. The van der Waals surface area contributed by atoms with Gasteiger partial charge in [0, 0.05) is 31.2 Å². The molecule has 1 N–H and O–H groups in total. The van der Waals surface area contributed by atoms with E-state index in [0.29, 0.717) is 0 Å². The summed E-state index contributed by atoms with van der Waals surface area (Å²) in [7, 11) is 0. The summed E-state index contributed by atoms with van der Waals surface area (Å²) >= 11 is 0. The largest absolute Gasteiger partial charge is 0.312 e. The Morgan fingerprint density at radius 1 is 1.22 bits per heavy atom. The second-order valence-corrected chi connectivity index (χ2v) is 6.88. The summed E-state index contributed by atoms with van der Waals surface area (Å²) in [6, 6.07) is 2.37. The van der Waals surface area contributed by atoms with Crippen LogP contribution in [0.15, 0.2) is 0 Å². The number of nitrogens with one attached hydrogen (secondary N) is 1. The van der Waals surface area contributed by atoms with Crippen molar-refractivity contribution in [2.75, 3.05) is 13.1 Å². The van der Waals surface area contributed by atoms with E-state index < -0.39 is 0 Å². The monoisotopic (exact) mass is 252 g/mol. The number of piperidine rings is 1. The Morgan fingerprint density at radius 2 is 1.94 bits per heavy atom. The van der Waals surface area contributed by atoms with E-state index in [1.165, 1.54) is 45.2 Å². The second-order valence-electron chi connectivity index (χ2n) is 6.88. The Bertz CT molecular complexity index is 249. The fraction of sp³-hybridized carbons (Fsp3) is 1.00. The van der Waals surface area contributed by atoms with Crippen LogP contribution >= 0.6 is 0 Å². The van der Waals surface area contributed by atoms with Crippen molar-refractivity contribution in [1.29, 1.82) is 0 Å². The highest BCUT2D eigenvalue weighted by Crippen LogP contribution is 2.29. The maximum Gasteiger partial charge on any atom is 0.0223 e. The molecule has 0 spiro atoms. The minimum atomic E-state index is 0.760. The van der Waals surface area contributed by atoms with Crippen molar-refractivity contribution < 1.29 is 0 Å². The minimum absolute atomic E-state index is 0.760. The summed E-state index contributed by atoms with van der Waals surface area (Å²) in [5, 5.41) is 3.75. The normalized spacial score (nSPS) is 35.7. The minimum Gasteiger partial charge on any atom is -0.312 e. The zero-order chi connectivity index (χ0) is 13.1. The van der Waals surface area contributed by atoms with Crippen molar-refractivity contribution in [2.45, 2.75) is 77.9 Å². The Balaban J connectivity index is 1.92. The molecule has 1 heterocycles. The highest BCUT2D eigenvalue weighted by Gasteiger charge is 2.33. The standard InChI is InChI=1S/C16H32N2/c1-5-6-16(10-17-15-7-8-15)18-11-12(2)9-13(3)14(18)4/h12-17H,5-11H2,1-4H3. The van der Waals surface area contributed by atoms with E-state index >= 15 is 0 Å². The van der Waals surface area contributed by atoms with Gasteiger partial charge in [-0.2, -0.15) is 0 Å². The van der Waals surface area contributed by atoms with Crippen LogP contribution in [0, 0.1) is 11.8 Å². The summed E-state index contributed by atoms with van der Waals surface area (Å²) < 4.78 is 0. The number of hydrogen-bond donors (Lipinski definition) is 1. The van der Waals surface area contributed by atoms with Gasteiger partial charge in [-0.05, 0) is 44.4 Å². The molecule has 0 bridgehead atoms. The first-order valence-corrected chi connectivity index (χ1v) is 8.11. The molecule has 2 aliphatic rings. The lowest BCUT2D eigenvalue weighted by Crippen LogP contribution is -2.53. The highest BCUT2D eigenvalue weighted by molar-refractivity contribution is 4.89. The zero-order valence-corrected chi connectivity index (χ0v) is 12.8. The molecule has 1 aliphatic carbocycles. The number of rotatable bonds is 6. The molecule has 0 radical (unpaired) electrons. The van der Waals surface area contributed by atoms with Gasteiger partial charge in [-0.3, -0.25) is 4.90 Å². The topological polar surface area (TPSA) is 15.3 Å². The molecular formula is C16H32N2. The number of likely N-dealkylation sites (tertiary alicyclic amines) is 1. The van der Waals surface area contributed by atoms with Crippen molar-refractivity contribution >= 4 is 0 Å². The van der Waals surface area contributed by atoms with Crippen LogP contribution in [0.25, 0.3) is 0 Å². The third-order valence-electron chi connectivity index (χ3n) is 4.95. The third-order valence-corrected chi connectivity index (χ3v) is 4.95. The average molecular weight is 252 g/mol. The Hall–Kier alpha value is -0.0800.